The zero-order chi connectivity index (χ0) is 17.7. The van der Waals surface area contributed by atoms with Gasteiger partial charge >= 0.3 is 6.09 Å². The summed E-state index contributed by atoms with van der Waals surface area (Å²) in [7, 11) is 0. The first kappa shape index (κ1) is 18.4. The van der Waals surface area contributed by atoms with E-state index in [1.54, 1.807) is 45.0 Å². The van der Waals surface area contributed by atoms with Crippen LogP contribution in [0.2, 0.25) is 10.0 Å². The smallest absolute Gasteiger partial charge is 0.407 e. The largest absolute Gasteiger partial charge is 0.474 e. The van der Waals surface area contributed by atoms with Gasteiger partial charge in [0, 0.05) is 16.7 Å². The average molecular weight is 373 g/mol. The van der Waals surface area contributed by atoms with Crippen LogP contribution in [0.3, 0.4) is 0 Å². The Labute approximate surface area is 150 Å². The maximum atomic E-state index is 11.5. The SMILES string of the molecule is CC(C)(C)OC(=O)NCCOc1cc(-c2ccc(Cl)cc2Cl)on1. The summed E-state index contributed by atoms with van der Waals surface area (Å²) in [4.78, 5) is 11.5. The Balaban J connectivity index is 1.83. The molecule has 2 aromatic rings. The summed E-state index contributed by atoms with van der Waals surface area (Å²) in [5.41, 5.74) is 0.124. The number of carbonyl (C=O) groups excluding carboxylic acids is 1. The molecule has 130 valence electrons. The minimum atomic E-state index is -0.538. The van der Waals surface area contributed by atoms with E-state index in [0.717, 1.165) is 0 Å². The number of alkyl carbamates (subject to hydrolysis) is 1. The van der Waals surface area contributed by atoms with Crippen molar-refractivity contribution >= 4 is 29.3 Å². The zero-order valence-electron chi connectivity index (χ0n) is 13.6. The molecule has 0 bridgehead atoms. The van der Waals surface area contributed by atoms with Crippen molar-refractivity contribution < 1.29 is 18.8 Å². The van der Waals surface area contributed by atoms with Crippen molar-refractivity contribution in [3.8, 4) is 17.2 Å². The molecule has 0 aliphatic carbocycles. The maximum Gasteiger partial charge on any atom is 0.407 e. The molecule has 1 heterocycles. The third-order valence-electron chi connectivity index (χ3n) is 2.71. The van der Waals surface area contributed by atoms with Crippen LogP contribution >= 0.6 is 23.2 Å². The number of rotatable bonds is 5. The van der Waals surface area contributed by atoms with Crippen LogP contribution in [-0.2, 0) is 4.74 Å². The highest BCUT2D eigenvalue weighted by atomic mass is 35.5. The second-order valence-electron chi connectivity index (χ2n) is 5.93. The van der Waals surface area contributed by atoms with Gasteiger partial charge in [-0.2, -0.15) is 0 Å². The Morgan fingerprint density at radius 2 is 2.04 bits per heavy atom. The van der Waals surface area contributed by atoms with Crippen LogP contribution in [0, 0.1) is 0 Å². The maximum absolute atomic E-state index is 11.5. The molecule has 0 radical (unpaired) electrons. The van der Waals surface area contributed by atoms with E-state index in [-0.39, 0.29) is 13.2 Å². The number of ether oxygens (including phenoxy) is 2. The lowest BCUT2D eigenvalue weighted by atomic mass is 10.2. The molecule has 0 unspecified atom stereocenters. The Kier molecular flexibility index (Phi) is 5.96. The van der Waals surface area contributed by atoms with Crippen molar-refractivity contribution in [2.75, 3.05) is 13.2 Å². The lowest BCUT2D eigenvalue weighted by Gasteiger charge is -2.19. The second-order valence-corrected chi connectivity index (χ2v) is 6.77. The second kappa shape index (κ2) is 7.77. The van der Waals surface area contributed by atoms with Gasteiger partial charge in [0.2, 0.25) is 0 Å². The van der Waals surface area contributed by atoms with Gasteiger partial charge in [-0.05, 0) is 44.1 Å². The average Bonchev–Trinajstić information content (AvgIpc) is 2.90. The highest BCUT2D eigenvalue weighted by molar-refractivity contribution is 6.36. The van der Waals surface area contributed by atoms with Crippen molar-refractivity contribution in [2.45, 2.75) is 26.4 Å². The summed E-state index contributed by atoms with van der Waals surface area (Å²) in [6.07, 6.45) is -0.500. The van der Waals surface area contributed by atoms with Gasteiger partial charge in [0.1, 0.15) is 12.2 Å². The Bertz CT molecular complexity index is 710. The first-order valence-corrected chi connectivity index (χ1v) is 8.02. The number of hydrogen-bond donors (Lipinski definition) is 1. The van der Waals surface area contributed by atoms with E-state index in [1.165, 1.54) is 0 Å². The van der Waals surface area contributed by atoms with Gasteiger partial charge in [-0.1, -0.05) is 23.2 Å². The quantitative estimate of drug-likeness (QED) is 0.779. The Morgan fingerprint density at radius 3 is 2.71 bits per heavy atom. The van der Waals surface area contributed by atoms with Crippen LogP contribution in [0.1, 0.15) is 20.8 Å². The number of amides is 1. The van der Waals surface area contributed by atoms with Crippen molar-refractivity contribution in [1.82, 2.24) is 10.5 Å². The third kappa shape index (κ3) is 5.62. The number of hydrogen-bond acceptors (Lipinski definition) is 5. The van der Waals surface area contributed by atoms with Crippen molar-refractivity contribution in [1.29, 1.82) is 0 Å². The van der Waals surface area contributed by atoms with Gasteiger partial charge in [0.15, 0.2) is 5.76 Å². The van der Waals surface area contributed by atoms with Gasteiger partial charge in [-0.25, -0.2) is 4.79 Å². The zero-order valence-corrected chi connectivity index (χ0v) is 15.1. The lowest BCUT2D eigenvalue weighted by Crippen LogP contribution is -2.34. The third-order valence-corrected chi connectivity index (χ3v) is 3.25. The van der Waals surface area contributed by atoms with E-state index in [9.17, 15) is 4.79 Å². The van der Waals surface area contributed by atoms with E-state index >= 15 is 0 Å². The number of nitrogens with zero attached hydrogens (tertiary/aromatic N) is 1. The highest BCUT2D eigenvalue weighted by Crippen LogP contribution is 2.31. The molecule has 2 rings (SSSR count). The number of benzene rings is 1. The number of halogens is 2. The molecule has 0 aliphatic heterocycles. The first-order valence-electron chi connectivity index (χ1n) is 7.26. The summed E-state index contributed by atoms with van der Waals surface area (Å²) in [5, 5.41) is 7.37. The molecule has 0 fully saturated rings. The number of carbonyl (C=O) groups is 1. The van der Waals surface area contributed by atoms with Crippen molar-refractivity contribution in [3.05, 3.63) is 34.3 Å². The Hall–Kier alpha value is -1.92. The van der Waals surface area contributed by atoms with Crippen LogP contribution in [0.25, 0.3) is 11.3 Å². The first-order chi connectivity index (χ1) is 11.2. The number of nitrogens with one attached hydrogen (secondary N) is 1. The molecule has 1 amide bonds. The van der Waals surface area contributed by atoms with Gasteiger partial charge in [0.25, 0.3) is 5.88 Å². The van der Waals surface area contributed by atoms with Crippen LogP contribution in [0.4, 0.5) is 4.79 Å². The van der Waals surface area contributed by atoms with Gasteiger partial charge in [-0.3, -0.25) is 0 Å². The summed E-state index contributed by atoms with van der Waals surface area (Å²) in [6, 6.07) is 6.67. The van der Waals surface area contributed by atoms with E-state index in [0.29, 0.717) is 27.2 Å². The molecule has 1 aromatic carbocycles. The molecule has 1 aromatic heterocycles. The van der Waals surface area contributed by atoms with Crippen LogP contribution in [0.5, 0.6) is 5.88 Å². The predicted molar refractivity (Wildman–Crippen MR) is 91.7 cm³/mol. The van der Waals surface area contributed by atoms with Crippen LogP contribution in [0.15, 0.2) is 28.8 Å². The van der Waals surface area contributed by atoms with E-state index < -0.39 is 11.7 Å². The van der Waals surface area contributed by atoms with Crippen molar-refractivity contribution in [3.63, 3.8) is 0 Å². The summed E-state index contributed by atoms with van der Waals surface area (Å²) in [5.74, 6) is 0.758. The number of aromatic nitrogens is 1. The monoisotopic (exact) mass is 372 g/mol. The molecule has 0 saturated carbocycles. The van der Waals surface area contributed by atoms with E-state index in [4.69, 9.17) is 37.2 Å². The summed E-state index contributed by atoms with van der Waals surface area (Å²) in [6.45, 7) is 5.88. The molecule has 24 heavy (non-hydrogen) atoms. The predicted octanol–water partition coefficient (Wildman–Crippen LogP) is 4.55. The normalized spacial score (nSPS) is 11.2. The molecule has 0 spiro atoms. The van der Waals surface area contributed by atoms with Crippen LogP contribution in [-0.4, -0.2) is 30.0 Å². The Morgan fingerprint density at radius 1 is 1.29 bits per heavy atom. The molecule has 8 heteroatoms. The topological polar surface area (TPSA) is 73.6 Å². The lowest BCUT2D eigenvalue weighted by molar-refractivity contribution is 0.0519. The molecule has 1 N–H and O–H groups in total. The molecule has 0 saturated heterocycles. The molecule has 0 aliphatic rings. The minimum Gasteiger partial charge on any atom is -0.474 e. The van der Waals surface area contributed by atoms with Gasteiger partial charge in [-0.15, -0.1) is 0 Å². The fourth-order valence-corrected chi connectivity index (χ4v) is 2.27. The molecule has 0 atom stereocenters. The summed E-state index contributed by atoms with van der Waals surface area (Å²) < 4.78 is 15.7. The fourth-order valence-electron chi connectivity index (χ4n) is 1.77. The molecule has 6 nitrogen and oxygen atoms in total. The molecular formula is C16H18Cl2N2O4. The van der Waals surface area contributed by atoms with E-state index in [2.05, 4.69) is 10.5 Å². The molecular weight excluding hydrogens is 355 g/mol. The fraction of sp³-hybridized carbons (Fsp3) is 0.375. The minimum absolute atomic E-state index is 0.222. The van der Waals surface area contributed by atoms with Crippen molar-refractivity contribution in [2.24, 2.45) is 0 Å². The summed E-state index contributed by atoms with van der Waals surface area (Å²) >= 11 is 12.0. The van der Waals surface area contributed by atoms with Gasteiger partial charge < -0.3 is 19.3 Å². The highest BCUT2D eigenvalue weighted by Gasteiger charge is 2.16. The van der Waals surface area contributed by atoms with Crippen LogP contribution < -0.4 is 10.1 Å². The standard InChI is InChI=1S/C16H18Cl2N2O4/c1-16(2,3)23-15(21)19-6-7-22-14-9-13(24-20-14)11-5-4-10(17)8-12(11)18/h4-5,8-9H,6-7H2,1-3H3,(H,19,21). The van der Waals surface area contributed by atoms with E-state index in [1.807, 2.05) is 0 Å². The van der Waals surface area contributed by atoms with Gasteiger partial charge in [0.05, 0.1) is 11.6 Å².